The maximum Gasteiger partial charge on any atom is 0.247 e. The van der Waals surface area contributed by atoms with Gasteiger partial charge in [0.1, 0.15) is 6.04 Å². The van der Waals surface area contributed by atoms with E-state index in [1.807, 2.05) is 60.7 Å². The van der Waals surface area contributed by atoms with Gasteiger partial charge in [-0.05, 0) is 37.0 Å². The molecule has 0 aliphatic heterocycles. The molecule has 0 bridgehead atoms. The zero-order valence-electron chi connectivity index (χ0n) is 20.8. The van der Waals surface area contributed by atoms with Crippen LogP contribution in [0.1, 0.15) is 24.8 Å². The first-order chi connectivity index (χ1) is 17.9. The summed E-state index contributed by atoms with van der Waals surface area (Å²) in [5, 5.41) is 6.52. The fourth-order valence-corrected chi connectivity index (χ4v) is 3.91. The van der Waals surface area contributed by atoms with Gasteiger partial charge in [-0.2, -0.15) is 0 Å². The number of rotatable bonds is 13. The molecule has 10 nitrogen and oxygen atoms in total. The molecule has 10 heteroatoms. The highest BCUT2D eigenvalue weighted by Gasteiger charge is 2.25. The third-order valence-corrected chi connectivity index (χ3v) is 6.03. The predicted molar refractivity (Wildman–Crippen MR) is 144 cm³/mol. The van der Waals surface area contributed by atoms with Gasteiger partial charge in [-0.3, -0.25) is 19.4 Å². The number of nitrogens with zero attached hydrogens (tertiary/aromatic N) is 2. The van der Waals surface area contributed by atoms with Crippen LogP contribution in [0.5, 0.6) is 0 Å². The molecule has 2 unspecified atom stereocenters. The van der Waals surface area contributed by atoms with Crippen molar-refractivity contribution < 1.29 is 14.4 Å². The number of anilines is 1. The number of aryl methyl sites for hydroxylation is 1. The number of amides is 3. The Morgan fingerprint density at radius 3 is 2.41 bits per heavy atom. The average Bonchev–Trinajstić information content (AvgIpc) is 2.92. The van der Waals surface area contributed by atoms with Gasteiger partial charge in [-0.1, -0.05) is 48.5 Å². The van der Waals surface area contributed by atoms with E-state index in [2.05, 4.69) is 15.6 Å². The molecule has 0 aliphatic rings. The van der Waals surface area contributed by atoms with Gasteiger partial charge in [0.15, 0.2) is 0 Å². The van der Waals surface area contributed by atoms with E-state index in [0.717, 1.165) is 16.5 Å². The molecule has 0 saturated heterocycles. The monoisotopic (exact) mass is 505 g/mol. The molecule has 3 amide bonds. The van der Waals surface area contributed by atoms with Crippen LogP contribution >= 0.6 is 0 Å². The number of para-hydroxylation sites is 1. The number of fused-ring (bicyclic) bond motifs is 1. The lowest BCUT2D eigenvalue weighted by Gasteiger charge is -2.22. The second-order valence-electron chi connectivity index (χ2n) is 8.76. The number of pyridine rings is 1. The molecule has 1 heterocycles. The highest BCUT2D eigenvalue weighted by Crippen LogP contribution is 2.17. The van der Waals surface area contributed by atoms with Gasteiger partial charge in [-0.25, -0.2) is 0 Å². The molecule has 0 saturated carbocycles. The summed E-state index contributed by atoms with van der Waals surface area (Å²) in [6, 6.07) is 17.3. The summed E-state index contributed by atoms with van der Waals surface area (Å²) in [6.07, 6.45) is 2.69. The Morgan fingerprint density at radius 2 is 1.68 bits per heavy atom. The Bertz CT molecular complexity index is 1190. The number of carbonyl (C=O) groups excluding carboxylic acids is 3. The Balaban J connectivity index is 1.65. The molecular weight excluding hydrogens is 470 g/mol. The van der Waals surface area contributed by atoms with Crippen molar-refractivity contribution in [3.63, 3.8) is 0 Å². The number of benzene rings is 2. The largest absolute Gasteiger partial charge is 0.343 e. The van der Waals surface area contributed by atoms with E-state index in [4.69, 9.17) is 17.2 Å². The topological polar surface area (TPSA) is 169 Å². The zero-order valence-corrected chi connectivity index (χ0v) is 20.8. The second-order valence-corrected chi connectivity index (χ2v) is 8.76. The van der Waals surface area contributed by atoms with Gasteiger partial charge in [0.05, 0.1) is 30.1 Å². The molecule has 8 N–H and O–H groups in total. The van der Waals surface area contributed by atoms with Crippen LogP contribution < -0.4 is 27.8 Å². The number of aromatic nitrogens is 1. The van der Waals surface area contributed by atoms with Gasteiger partial charge in [-0.15, -0.1) is 0 Å². The molecule has 1 aromatic heterocycles. The fourth-order valence-electron chi connectivity index (χ4n) is 3.91. The summed E-state index contributed by atoms with van der Waals surface area (Å²) in [6.45, 7) is 0.672. The lowest BCUT2D eigenvalue weighted by Crippen LogP contribution is -2.50. The summed E-state index contributed by atoms with van der Waals surface area (Å²) in [5.74, 6) is -1.10. The van der Waals surface area contributed by atoms with Gasteiger partial charge in [0.2, 0.25) is 17.7 Å². The zero-order chi connectivity index (χ0) is 26.6. The second kappa shape index (κ2) is 14.0. The number of nitrogens with two attached hydrogens (primary N) is 3. The van der Waals surface area contributed by atoms with Gasteiger partial charge in [0, 0.05) is 24.9 Å². The smallest absolute Gasteiger partial charge is 0.247 e. The van der Waals surface area contributed by atoms with E-state index in [9.17, 15) is 14.4 Å². The average molecular weight is 506 g/mol. The fraction of sp³-hybridized carbons (Fsp3) is 0.333. The summed E-state index contributed by atoms with van der Waals surface area (Å²) in [4.78, 5) is 44.2. The summed E-state index contributed by atoms with van der Waals surface area (Å²) < 4.78 is 0. The quantitative estimate of drug-likeness (QED) is 0.217. The molecule has 3 aromatic rings. The van der Waals surface area contributed by atoms with Crippen LogP contribution in [0.15, 0.2) is 66.9 Å². The predicted octanol–water partition coefficient (Wildman–Crippen LogP) is 1.10. The third kappa shape index (κ3) is 8.35. The molecule has 37 heavy (non-hydrogen) atoms. The van der Waals surface area contributed by atoms with Gasteiger partial charge in [0.25, 0.3) is 0 Å². The van der Waals surface area contributed by atoms with Crippen molar-refractivity contribution in [3.8, 4) is 0 Å². The Kier molecular flexibility index (Phi) is 10.5. The summed E-state index contributed by atoms with van der Waals surface area (Å²) in [5.41, 5.74) is 19.5. The SMILES string of the molecule is NCCN(CN)C(=O)CCC(N)C(=O)NC(CCc1ccccc1)C(=O)Nc1cnc2ccccc2c1. The minimum Gasteiger partial charge on any atom is -0.343 e. The van der Waals surface area contributed by atoms with E-state index in [-0.39, 0.29) is 31.3 Å². The Hall–Kier alpha value is -3.86. The van der Waals surface area contributed by atoms with Gasteiger partial charge < -0.3 is 32.7 Å². The Morgan fingerprint density at radius 1 is 0.946 bits per heavy atom. The summed E-state index contributed by atoms with van der Waals surface area (Å²) in [7, 11) is 0. The van der Waals surface area contributed by atoms with Crippen LogP contribution in [-0.2, 0) is 20.8 Å². The molecule has 0 fully saturated rings. The number of hydrogen-bond acceptors (Lipinski definition) is 7. The standard InChI is InChI=1S/C27H35N7O3/c28-14-15-34(18-29)25(35)13-11-22(30)26(36)33-24(12-10-19-6-2-1-3-7-19)27(37)32-21-16-20-8-4-5-9-23(20)31-17-21/h1-9,16-17,22,24H,10-15,18,28-30H2,(H,32,37)(H,33,36). The van der Waals surface area contributed by atoms with Crippen LogP contribution in [0.4, 0.5) is 5.69 Å². The van der Waals surface area contributed by atoms with Crippen LogP contribution in [0.2, 0.25) is 0 Å². The number of nitrogens with one attached hydrogen (secondary N) is 2. The van der Waals surface area contributed by atoms with E-state index >= 15 is 0 Å². The van der Waals surface area contributed by atoms with E-state index < -0.39 is 18.0 Å². The molecule has 0 spiro atoms. The molecule has 0 radical (unpaired) electrons. The highest BCUT2D eigenvalue weighted by atomic mass is 16.2. The van der Waals surface area contributed by atoms with Crippen molar-refractivity contribution in [2.75, 3.05) is 25.1 Å². The molecule has 3 rings (SSSR count). The lowest BCUT2D eigenvalue weighted by molar-refractivity contribution is -0.132. The van der Waals surface area contributed by atoms with Gasteiger partial charge >= 0.3 is 0 Å². The first-order valence-electron chi connectivity index (χ1n) is 12.3. The molecular formula is C27H35N7O3. The van der Waals surface area contributed by atoms with E-state index in [1.54, 1.807) is 6.20 Å². The summed E-state index contributed by atoms with van der Waals surface area (Å²) >= 11 is 0. The van der Waals surface area contributed by atoms with Crippen molar-refractivity contribution in [1.29, 1.82) is 0 Å². The minimum absolute atomic E-state index is 0.0445. The maximum atomic E-state index is 13.2. The molecule has 196 valence electrons. The van der Waals surface area contributed by atoms with Crippen LogP contribution in [-0.4, -0.2) is 59.4 Å². The first kappa shape index (κ1) is 27.7. The normalized spacial score (nSPS) is 12.5. The molecule has 2 aromatic carbocycles. The van der Waals surface area contributed by atoms with Crippen molar-refractivity contribution in [2.45, 2.75) is 37.8 Å². The van der Waals surface area contributed by atoms with Crippen LogP contribution in [0, 0.1) is 0 Å². The first-order valence-corrected chi connectivity index (χ1v) is 12.3. The number of carbonyl (C=O) groups is 3. The van der Waals surface area contributed by atoms with E-state index in [1.165, 1.54) is 4.90 Å². The van der Waals surface area contributed by atoms with Crippen molar-refractivity contribution in [1.82, 2.24) is 15.2 Å². The number of hydrogen-bond donors (Lipinski definition) is 5. The van der Waals surface area contributed by atoms with Crippen LogP contribution in [0.3, 0.4) is 0 Å². The van der Waals surface area contributed by atoms with Crippen molar-refractivity contribution in [3.05, 3.63) is 72.4 Å². The minimum atomic E-state index is -0.962. The van der Waals surface area contributed by atoms with E-state index in [0.29, 0.717) is 31.6 Å². The maximum absolute atomic E-state index is 13.2. The Labute approximate surface area is 216 Å². The highest BCUT2D eigenvalue weighted by molar-refractivity contribution is 5.99. The molecule has 0 aliphatic carbocycles. The van der Waals surface area contributed by atoms with Crippen molar-refractivity contribution in [2.24, 2.45) is 17.2 Å². The van der Waals surface area contributed by atoms with Crippen molar-refractivity contribution >= 4 is 34.3 Å². The third-order valence-electron chi connectivity index (χ3n) is 6.03. The lowest BCUT2D eigenvalue weighted by atomic mass is 10.0. The molecule has 2 atom stereocenters. The van der Waals surface area contributed by atoms with Crippen LogP contribution in [0.25, 0.3) is 10.9 Å².